The Morgan fingerprint density at radius 1 is 1.20 bits per heavy atom. The first-order valence-electron chi connectivity index (χ1n) is 10.6. The second kappa shape index (κ2) is 8.75. The Morgan fingerprint density at radius 3 is 2.67 bits per heavy atom. The lowest BCUT2D eigenvalue weighted by atomic mass is 9.77. The number of hydrogen-bond donors (Lipinski definition) is 0. The highest BCUT2D eigenvalue weighted by molar-refractivity contribution is 7.89. The number of aryl methyl sites for hydroxylation is 1. The van der Waals surface area contributed by atoms with E-state index in [1.165, 1.54) is 5.56 Å². The number of piperidine rings is 1. The van der Waals surface area contributed by atoms with Gasteiger partial charge in [0, 0.05) is 38.6 Å². The number of rotatable bonds is 6. The third-order valence-electron chi connectivity index (χ3n) is 6.47. The first-order valence-corrected chi connectivity index (χ1v) is 12.1. The Bertz CT molecular complexity index is 957. The molecule has 4 rings (SSSR count). The Kier molecular flexibility index (Phi) is 6.25. The van der Waals surface area contributed by atoms with Crippen LogP contribution < -0.4 is 0 Å². The molecule has 30 heavy (non-hydrogen) atoms. The van der Waals surface area contributed by atoms with Gasteiger partial charge < -0.3 is 4.74 Å². The van der Waals surface area contributed by atoms with E-state index in [1.54, 1.807) is 22.6 Å². The highest BCUT2D eigenvalue weighted by Gasteiger charge is 2.44. The molecule has 2 aliphatic heterocycles. The molecule has 1 aromatic carbocycles. The van der Waals surface area contributed by atoms with Gasteiger partial charge >= 0.3 is 0 Å². The predicted molar refractivity (Wildman–Crippen MR) is 117 cm³/mol. The maximum atomic E-state index is 13.1. The number of hydrogen-bond acceptors (Lipinski definition) is 5. The molecule has 2 saturated heterocycles. The molecule has 0 radical (unpaired) electrons. The molecule has 6 nitrogen and oxygen atoms in total. The fourth-order valence-corrected chi connectivity index (χ4v) is 6.43. The van der Waals surface area contributed by atoms with Crippen molar-refractivity contribution in [3.8, 4) is 0 Å². The van der Waals surface area contributed by atoms with Crippen LogP contribution in [0, 0.1) is 12.3 Å². The van der Waals surface area contributed by atoms with E-state index in [9.17, 15) is 8.42 Å². The average molecular weight is 430 g/mol. The number of sulfonamides is 1. The third kappa shape index (κ3) is 4.59. The Balaban J connectivity index is 1.32. The second-order valence-corrected chi connectivity index (χ2v) is 10.8. The van der Waals surface area contributed by atoms with Crippen molar-refractivity contribution >= 4 is 10.0 Å². The normalized spacial score (nSPS) is 22.0. The molecule has 0 aliphatic carbocycles. The lowest BCUT2D eigenvalue weighted by molar-refractivity contribution is 0.0618. The predicted octanol–water partition coefficient (Wildman–Crippen LogP) is 3.08. The van der Waals surface area contributed by atoms with Gasteiger partial charge in [0.25, 0.3) is 0 Å². The summed E-state index contributed by atoms with van der Waals surface area (Å²) >= 11 is 0. The first kappa shape index (κ1) is 21.4. The van der Waals surface area contributed by atoms with Crippen molar-refractivity contribution < 1.29 is 13.2 Å². The minimum absolute atomic E-state index is 0.109. The second-order valence-electron chi connectivity index (χ2n) is 8.86. The van der Waals surface area contributed by atoms with Crippen molar-refractivity contribution in [2.75, 3.05) is 33.3 Å². The molecule has 2 aliphatic rings. The van der Waals surface area contributed by atoms with Crippen LogP contribution in [0.15, 0.2) is 53.7 Å². The molecular formula is C23H31N3O3S. The fourth-order valence-electron chi connectivity index (χ4n) is 4.76. The summed E-state index contributed by atoms with van der Waals surface area (Å²) in [6, 6.07) is 11.3. The van der Waals surface area contributed by atoms with E-state index in [0.29, 0.717) is 18.0 Å². The summed E-state index contributed by atoms with van der Waals surface area (Å²) in [5, 5.41) is 0. The number of ether oxygens (including phenoxy) is 1. The quantitative estimate of drug-likeness (QED) is 0.706. The standard InChI is InChI=1S/C23H31N3O3S/c1-19-6-3-4-8-22(19)30(27,28)26-12-9-23(10-13-26)14-21(29-18-23)17-25(2)16-20-7-5-11-24-15-20/h3-8,11,15,21H,9-10,12-14,16-18H2,1-2H3/t21-/m1/s1. The highest BCUT2D eigenvalue weighted by atomic mass is 32.2. The van der Waals surface area contributed by atoms with E-state index in [-0.39, 0.29) is 11.5 Å². The van der Waals surface area contributed by atoms with E-state index < -0.39 is 10.0 Å². The minimum Gasteiger partial charge on any atom is -0.376 e. The summed E-state index contributed by atoms with van der Waals surface area (Å²) in [5.41, 5.74) is 2.11. The topological polar surface area (TPSA) is 62.7 Å². The first-order chi connectivity index (χ1) is 14.4. The van der Waals surface area contributed by atoms with Crippen LogP contribution in [0.3, 0.4) is 0 Å². The zero-order chi connectivity index (χ0) is 21.2. The molecule has 0 saturated carbocycles. The van der Waals surface area contributed by atoms with Gasteiger partial charge in [0.15, 0.2) is 0 Å². The molecular weight excluding hydrogens is 398 g/mol. The largest absolute Gasteiger partial charge is 0.376 e. The van der Waals surface area contributed by atoms with Crippen LogP contribution in [-0.4, -0.2) is 62.0 Å². The van der Waals surface area contributed by atoms with Gasteiger partial charge in [-0.15, -0.1) is 0 Å². The van der Waals surface area contributed by atoms with Crippen LogP contribution >= 0.6 is 0 Å². The van der Waals surface area contributed by atoms with Crippen LogP contribution in [-0.2, 0) is 21.3 Å². The van der Waals surface area contributed by atoms with Crippen molar-refractivity contribution in [3.05, 3.63) is 59.9 Å². The zero-order valence-corrected chi connectivity index (χ0v) is 18.6. The number of nitrogens with zero attached hydrogens (tertiary/aromatic N) is 3. The van der Waals surface area contributed by atoms with Crippen LogP contribution in [0.1, 0.15) is 30.4 Å². The van der Waals surface area contributed by atoms with E-state index >= 15 is 0 Å². The summed E-state index contributed by atoms with van der Waals surface area (Å²) in [7, 11) is -1.32. The lowest BCUT2D eigenvalue weighted by Crippen LogP contribution is -2.43. The SMILES string of the molecule is Cc1ccccc1S(=O)(=O)N1CCC2(CC1)CO[C@@H](CN(C)Cc1cccnc1)C2. The van der Waals surface area contributed by atoms with Crippen molar-refractivity contribution in [3.63, 3.8) is 0 Å². The van der Waals surface area contributed by atoms with E-state index in [1.807, 2.05) is 31.3 Å². The molecule has 3 heterocycles. The summed E-state index contributed by atoms with van der Waals surface area (Å²) in [6.07, 6.45) is 6.62. The van der Waals surface area contributed by atoms with Gasteiger partial charge in [0.05, 0.1) is 17.6 Å². The van der Waals surface area contributed by atoms with Gasteiger partial charge in [-0.3, -0.25) is 9.88 Å². The summed E-state index contributed by atoms with van der Waals surface area (Å²) < 4.78 is 34.0. The molecule has 2 aromatic rings. The molecule has 1 atom stereocenters. The van der Waals surface area contributed by atoms with Crippen molar-refractivity contribution in [1.82, 2.24) is 14.2 Å². The molecule has 1 aromatic heterocycles. The van der Waals surface area contributed by atoms with Crippen LogP contribution in [0.5, 0.6) is 0 Å². The van der Waals surface area contributed by atoms with E-state index in [2.05, 4.69) is 23.0 Å². The molecule has 2 fully saturated rings. The van der Waals surface area contributed by atoms with Crippen molar-refractivity contribution in [2.24, 2.45) is 5.41 Å². The number of pyridine rings is 1. The Morgan fingerprint density at radius 2 is 1.97 bits per heavy atom. The van der Waals surface area contributed by atoms with Crippen molar-refractivity contribution in [1.29, 1.82) is 0 Å². The van der Waals surface area contributed by atoms with E-state index in [0.717, 1.165) is 44.5 Å². The van der Waals surface area contributed by atoms with Crippen molar-refractivity contribution in [2.45, 2.75) is 43.7 Å². The van der Waals surface area contributed by atoms with Crippen LogP contribution in [0.25, 0.3) is 0 Å². The number of benzene rings is 1. The molecule has 162 valence electrons. The lowest BCUT2D eigenvalue weighted by Gasteiger charge is -2.38. The zero-order valence-electron chi connectivity index (χ0n) is 17.8. The summed E-state index contributed by atoms with van der Waals surface area (Å²) in [6.45, 7) is 5.45. The summed E-state index contributed by atoms with van der Waals surface area (Å²) in [4.78, 5) is 6.89. The van der Waals surface area contributed by atoms with Gasteiger partial charge in [0.2, 0.25) is 10.0 Å². The molecule has 0 amide bonds. The van der Waals surface area contributed by atoms with Gasteiger partial charge in [-0.2, -0.15) is 4.31 Å². The Hall–Kier alpha value is -1.80. The fraction of sp³-hybridized carbons (Fsp3) is 0.522. The Labute approximate surface area is 179 Å². The number of likely N-dealkylation sites (N-methyl/N-ethyl adjacent to an activating group) is 1. The molecule has 1 spiro atoms. The molecule has 0 unspecified atom stereocenters. The third-order valence-corrected chi connectivity index (χ3v) is 8.53. The molecule has 7 heteroatoms. The van der Waals surface area contributed by atoms with Crippen LogP contribution in [0.2, 0.25) is 0 Å². The van der Waals surface area contributed by atoms with Gasteiger partial charge in [-0.05, 0) is 61.9 Å². The van der Waals surface area contributed by atoms with Crippen LogP contribution in [0.4, 0.5) is 0 Å². The van der Waals surface area contributed by atoms with Gasteiger partial charge in [-0.25, -0.2) is 8.42 Å². The molecule has 0 N–H and O–H groups in total. The maximum absolute atomic E-state index is 13.1. The van der Waals surface area contributed by atoms with Gasteiger partial charge in [0.1, 0.15) is 0 Å². The average Bonchev–Trinajstić information content (AvgIpc) is 3.11. The number of aromatic nitrogens is 1. The van der Waals surface area contributed by atoms with E-state index in [4.69, 9.17) is 4.74 Å². The minimum atomic E-state index is -3.43. The molecule has 0 bridgehead atoms. The smallest absolute Gasteiger partial charge is 0.243 e. The van der Waals surface area contributed by atoms with Gasteiger partial charge in [-0.1, -0.05) is 24.3 Å². The monoisotopic (exact) mass is 429 g/mol. The highest BCUT2D eigenvalue weighted by Crippen LogP contribution is 2.43. The summed E-state index contributed by atoms with van der Waals surface area (Å²) in [5.74, 6) is 0. The maximum Gasteiger partial charge on any atom is 0.243 e.